The van der Waals surface area contributed by atoms with Crippen LogP contribution in [0, 0.1) is 5.92 Å². The van der Waals surface area contributed by atoms with Crippen molar-refractivity contribution in [2.75, 3.05) is 21.9 Å². The number of carbonyl (C=O) groups is 2. The molecule has 6 nitrogen and oxygen atoms in total. The van der Waals surface area contributed by atoms with Crippen molar-refractivity contribution in [3.63, 3.8) is 0 Å². The molecule has 2 amide bonds. The smallest absolute Gasteiger partial charge is 0.260 e. The molecule has 1 aromatic heterocycles. The molecule has 1 aliphatic rings. The third-order valence-electron chi connectivity index (χ3n) is 4.24. The number of nitrogens with zero attached hydrogens (tertiary/aromatic N) is 3. The predicted molar refractivity (Wildman–Crippen MR) is 112 cm³/mol. The Labute approximate surface area is 175 Å². The van der Waals surface area contributed by atoms with E-state index in [1.807, 2.05) is 6.07 Å². The van der Waals surface area contributed by atoms with Gasteiger partial charge in [-0.3, -0.25) is 14.6 Å². The second kappa shape index (κ2) is 7.79. The normalized spacial score (nSPS) is 16.5. The van der Waals surface area contributed by atoms with Crippen LogP contribution in [-0.2, 0) is 9.59 Å². The summed E-state index contributed by atoms with van der Waals surface area (Å²) in [6, 6.07) is 14.0. The molecule has 3 aromatic rings. The van der Waals surface area contributed by atoms with E-state index in [1.54, 1.807) is 59.1 Å². The molecular formula is C19H14Cl2N4O2S. The van der Waals surface area contributed by atoms with E-state index in [-0.39, 0.29) is 12.5 Å². The molecule has 0 bridgehead atoms. The minimum atomic E-state index is -0.901. The fraction of sp³-hybridized carbons (Fsp3) is 0.105. The number of benzene rings is 2. The number of halogens is 2. The molecule has 0 aliphatic carbocycles. The maximum absolute atomic E-state index is 13.2. The van der Waals surface area contributed by atoms with Crippen molar-refractivity contribution in [1.82, 2.24) is 4.98 Å². The van der Waals surface area contributed by atoms with Crippen molar-refractivity contribution in [3.05, 3.63) is 70.2 Å². The van der Waals surface area contributed by atoms with E-state index in [1.165, 1.54) is 16.3 Å². The number of hydrazine groups is 1. The maximum Gasteiger partial charge on any atom is 0.260 e. The molecular weight excluding hydrogens is 419 g/mol. The summed E-state index contributed by atoms with van der Waals surface area (Å²) in [5, 5.41) is 9.12. The van der Waals surface area contributed by atoms with Gasteiger partial charge in [-0.15, -0.1) is 11.3 Å². The van der Waals surface area contributed by atoms with Crippen molar-refractivity contribution in [3.8, 4) is 0 Å². The van der Waals surface area contributed by atoms with Crippen LogP contribution in [0.1, 0.15) is 0 Å². The Hall–Kier alpha value is -2.61. The molecule has 142 valence electrons. The second-order valence-electron chi connectivity index (χ2n) is 6.07. The Balaban J connectivity index is 1.70. The number of rotatable bonds is 4. The van der Waals surface area contributed by atoms with Gasteiger partial charge in [-0.05, 0) is 36.4 Å². The molecule has 1 atom stereocenters. The zero-order valence-corrected chi connectivity index (χ0v) is 16.7. The zero-order valence-electron chi connectivity index (χ0n) is 14.4. The summed E-state index contributed by atoms with van der Waals surface area (Å²) in [4.78, 5) is 30.0. The topological polar surface area (TPSA) is 65.5 Å². The lowest BCUT2D eigenvalue weighted by atomic mass is 10.1. The standard InChI is InChI=1S/C19H14Cl2N4O2S/c20-12-3-1-5-14(9-12)24-11-16(17(26)23-19-22-7-8-28-19)18(27)25(24)15-6-2-4-13(21)10-15/h1-10,16H,11H2,(H,22,23,26). The molecule has 1 unspecified atom stereocenters. The quantitative estimate of drug-likeness (QED) is 0.617. The van der Waals surface area contributed by atoms with Crippen molar-refractivity contribution in [2.45, 2.75) is 0 Å². The third-order valence-corrected chi connectivity index (χ3v) is 5.40. The van der Waals surface area contributed by atoms with Gasteiger partial charge in [0.2, 0.25) is 5.91 Å². The highest BCUT2D eigenvalue weighted by Gasteiger charge is 2.43. The average molecular weight is 433 g/mol. The molecule has 4 rings (SSSR count). The van der Waals surface area contributed by atoms with Gasteiger partial charge in [0.15, 0.2) is 5.13 Å². The fourth-order valence-corrected chi connectivity index (χ4v) is 3.90. The number of amides is 2. The van der Waals surface area contributed by atoms with Gasteiger partial charge in [0.25, 0.3) is 5.91 Å². The number of aromatic nitrogens is 1. The SMILES string of the molecule is O=C(Nc1nccs1)C1CN(c2cccc(Cl)c2)N(c2cccc(Cl)c2)C1=O. The van der Waals surface area contributed by atoms with Gasteiger partial charge in [0, 0.05) is 21.6 Å². The van der Waals surface area contributed by atoms with E-state index in [4.69, 9.17) is 23.2 Å². The fourth-order valence-electron chi connectivity index (χ4n) is 3.00. The second-order valence-corrected chi connectivity index (χ2v) is 7.84. The molecule has 28 heavy (non-hydrogen) atoms. The molecule has 0 saturated carbocycles. The Morgan fingerprint density at radius 1 is 1.11 bits per heavy atom. The Morgan fingerprint density at radius 2 is 1.79 bits per heavy atom. The summed E-state index contributed by atoms with van der Waals surface area (Å²) in [5.41, 5.74) is 1.27. The highest BCUT2D eigenvalue weighted by molar-refractivity contribution is 7.13. The molecule has 1 aliphatic heterocycles. The lowest BCUT2D eigenvalue weighted by molar-refractivity contribution is -0.128. The summed E-state index contributed by atoms with van der Waals surface area (Å²) < 4.78 is 0. The van der Waals surface area contributed by atoms with Gasteiger partial charge in [0.05, 0.1) is 17.9 Å². The summed E-state index contributed by atoms with van der Waals surface area (Å²) in [6.45, 7) is 0.170. The number of thiazole rings is 1. The van der Waals surface area contributed by atoms with Crippen LogP contribution in [0.5, 0.6) is 0 Å². The summed E-state index contributed by atoms with van der Waals surface area (Å²) in [6.07, 6.45) is 1.59. The molecule has 0 spiro atoms. The van der Waals surface area contributed by atoms with Crippen molar-refractivity contribution < 1.29 is 9.59 Å². The van der Waals surface area contributed by atoms with Crippen LogP contribution in [-0.4, -0.2) is 23.3 Å². The van der Waals surface area contributed by atoms with E-state index in [0.29, 0.717) is 26.6 Å². The number of anilines is 3. The first-order chi connectivity index (χ1) is 13.5. The van der Waals surface area contributed by atoms with Crippen LogP contribution in [0.3, 0.4) is 0 Å². The first kappa shape index (κ1) is 18.7. The van der Waals surface area contributed by atoms with Crippen LogP contribution in [0.2, 0.25) is 10.0 Å². The molecule has 2 heterocycles. The molecule has 1 fully saturated rings. The van der Waals surface area contributed by atoms with Gasteiger partial charge in [-0.1, -0.05) is 35.3 Å². The Morgan fingerprint density at radius 3 is 2.43 bits per heavy atom. The van der Waals surface area contributed by atoms with E-state index < -0.39 is 11.8 Å². The Bertz CT molecular complexity index is 1030. The van der Waals surface area contributed by atoms with Crippen LogP contribution in [0.15, 0.2) is 60.1 Å². The highest BCUT2D eigenvalue weighted by atomic mass is 35.5. The first-order valence-corrected chi connectivity index (χ1v) is 9.99. The van der Waals surface area contributed by atoms with Crippen molar-refractivity contribution >= 4 is 62.9 Å². The Kier molecular flexibility index (Phi) is 5.21. The number of nitrogens with one attached hydrogen (secondary N) is 1. The molecule has 2 aromatic carbocycles. The van der Waals surface area contributed by atoms with Gasteiger partial charge in [-0.2, -0.15) is 0 Å². The minimum absolute atomic E-state index is 0.170. The van der Waals surface area contributed by atoms with E-state index in [9.17, 15) is 9.59 Å². The monoisotopic (exact) mass is 432 g/mol. The highest BCUT2D eigenvalue weighted by Crippen LogP contribution is 2.33. The molecule has 1 saturated heterocycles. The van der Waals surface area contributed by atoms with Crippen LogP contribution >= 0.6 is 34.5 Å². The number of carbonyl (C=O) groups excluding carboxylic acids is 2. The molecule has 1 N–H and O–H groups in total. The van der Waals surface area contributed by atoms with Gasteiger partial charge < -0.3 is 5.32 Å². The van der Waals surface area contributed by atoms with Crippen LogP contribution in [0.25, 0.3) is 0 Å². The largest absolute Gasteiger partial charge is 0.301 e. The van der Waals surface area contributed by atoms with Gasteiger partial charge >= 0.3 is 0 Å². The average Bonchev–Trinajstić information content (AvgIpc) is 3.29. The lowest BCUT2D eigenvalue weighted by Crippen LogP contribution is -2.39. The third kappa shape index (κ3) is 3.69. The summed E-state index contributed by atoms with van der Waals surface area (Å²) in [5.74, 6) is -1.66. The summed E-state index contributed by atoms with van der Waals surface area (Å²) in [7, 11) is 0. The lowest BCUT2D eigenvalue weighted by Gasteiger charge is -2.29. The first-order valence-electron chi connectivity index (χ1n) is 8.36. The summed E-state index contributed by atoms with van der Waals surface area (Å²) >= 11 is 13.5. The predicted octanol–water partition coefficient (Wildman–Crippen LogP) is 4.47. The van der Waals surface area contributed by atoms with E-state index in [0.717, 1.165) is 0 Å². The molecule has 0 radical (unpaired) electrons. The maximum atomic E-state index is 13.2. The zero-order chi connectivity index (χ0) is 19.7. The number of hydrogen-bond acceptors (Lipinski definition) is 5. The number of hydrogen-bond donors (Lipinski definition) is 1. The van der Waals surface area contributed by atoms with Crippen LogP contribution in [0.4, 0.5) is 16.5 Å². The van der Waals surface area contributed by atoms with Gasteiger partial charge in [-0.25, -0.2) is 9.99 Å². The van der Waals surface area contributed by atoms with Crippen molar-refractivity contribution in [1.29, 1.82) is 0 Å². The van der Waals surface area contributed by atoms with Crippen LogP contribution < -0.4 is 15.3 Å². The molecule has 9 heteroatoms. The van der Waals surface area contributed by atoms with Crippen molar-refractivity contribution in [2.24, 2.45) is 5.92 Å². The van der Waals surface area contributed by atoms with Gasteiger partial charge in [0.1, 0.15) is 5.92 Å². The van der Waals surface area contributed by atoms with E-state index >= 15 is 0 Å². The minimum Gasteiger partial charge on any atom is -0.301 e. The van der Waals surface area contributed by atoms with E-state index in [2.05, 4.69) is 10.3 Å².